The molecule has 5 heteroatoms. The Kier molecular flexibility index (Phi) is 4.82. The molecule has 0 amide bonds. The van der Waals surface area contributed by atoms with E-state index in [-0.39, 0.29) is 11.9 Å². The fraction of sp³-hybridized carbons (Fsp3) is 1.00. The van der Waals surface area contributed by atoms with Crippen LogP contribution in [0.4, 0.5) is 0 Å². The first-order valence-corrected chi connectivity index (χ1v) is 8.53. The zero-order valence-corrected chi connectivity index (χ0v) is 11.2. The number of sulfone groups is 1. The van der Waals surface area contributed by atoms with Crippen molar-refractivity contribution in [2.45, 2.75) is 50.7 Å². The summed E-state index contributed by atoms with van der Waals surface area (Å²) in [5, 5.41) is 3.40. The SMILES string of the molecule is O=S(=O)(CCCCNC1CC1)CC1CCCO1. The van der Waals surface area contributed by atoms with Gasteiger partial charge in [-0.25, -0.2) is 8.42 Å². The molecule has 0 spiro atoms. The molecule has 1 aliphatic carbocycles. The van der Waals surface area contributed by atoms with Crippen LogP contribution in [0.1, 0.15) is 38.5 Å². The molecule has 2 aliphatic rings. The Morgan fingerprint density at radius 2 is 2.00 bits per heavy atom. The summed E-state index contributed by atoms with van der Waals surface area (Å²) < 4.78 is 29.0. The van der Waals surface area contributed by atoms with Gasteiger partial charge < -0.3 is 10.1 Å². The lowest BCUT2D eigenvalue weighted by atomic mass is 10.3. The van der Waals surface area contributed by atoms with Crippen molar-refractivity contribution in [3.63, 3.8) is 0 Å². The molecule has 100 valence electrons. The number of ether oxygens (including phenoxy) is 1. The summed E-state index contributed by atoms with van der Waals surface area (Å²) in [7, 11) is -2.90. The Labute approximate surface area is 104 Å². The average molecular weight is 261 g/mol. The average Bonchev–Trinajstić information content (AvgIpc) is 2.95. The molecule has 0 bridgehead atoms. The fourth-order valence-electron chi connectivity index (χ4n) is 2.18. The van der Waals surface area contributed by atoms with E-state index in [0.717, 1.165) is 44.9 Å². The van der Waals surface area contributed by atoms with E-state index in [9.17, 15) is 8.42 Å². The molecule has 1 unspecified atom stereocenters. The van der Waals surface area contributed by atoms with Gasteiger partial charge in [-0.15, -0.1) is 0 Å². The van der Waals surface area contributed by atoms with Gasteiger partial charge in [0.1, 0.15) is 0 Å². The Morgan fingerprint density at radius 1 is 1.18 bits per heavy atom. The number of nitrogens with one attached hydrogen (secondary N) is 1. The second-order valence-electron chi connectivity index (χ2n) is 5.18. The van der Waals surface area contributed by atoms with E-state index >= 15 is 0 Å². The summed E-state index contributed by atoms with van der Waals surface area (Å²) in [6, 6.07) is 0.721. The zero-order chi connectivity index (χ0) is 12.1. The van der Waals surface area contributed by atoms with E-state index in [1.165, 1.54) is 12.8 Å². The third kappa shape index (κ3) is 5.36. The molecule has 0 aromatic rings. The van der Waals surface area contributed by atoms with Crippen LogP contribution in [-0.2, 0) is 14.6 Å². The second-order valence-corrected chi connectivity index (χ2v) is 7.41. The van der Waals surface area contributed by atoms with Crippen molar-refractivity contribution in [1.82, 2.24) is 5.32 Å². The molecule has 1 atom stereocenters. The summed E-state index contributed by atoms with van der Waals surface area (Å²) in [6.07, 6.45) is 6.18. The predicted octanol–water partition coefficient (Wildman–Crippen LogP) is 1.11. The van der Waals surface area contributed by atoms with Crippen LogP contribution in [0.15, 0.2) is 0 Å². The van der Waals surface area contributed by atoms with Crippen LogP contribution in [-0.4, -0.2) is 45.2 Å². The van der Waals surface area contributed by atoms with Gasteiger partial charge >= 0.3 is 0 Å². The quantitative estimate of drug-likeness (QED) is 0.665. The van der Waals surface area contributed by atoms with E-state index < -0.39 is 9.84 Å². The van der Waals surface area contributed by atoms with E-state index in [0.29, 0.717) is 5.75 Å². The van der Waals surface area contributed by atoms with Crippen LogP contribution in [0.3, 0.4) is 0 Å². The molecule has 0 radical (unpaired) electrons. The van der Waals surface area contributed by atoms with E-state index in [2.05, 4.69) is 5.32 Å². The van der Waals surface area contributed by atoms with Gasteiger partial charge in [0.05, 0.1) is 17.6 Å². The minimum Gasteiger partial charge on any atom is -0.377 e. The molecule has 1 N–H and O–H groups in total. The molecule has 2 rings (SSSR count). The van der Waals surface area contributed by atoms with Crippen molar-refractivity contribution in [2.24, 2.45) is 0 Å². The van der Waals surface area contributed by atoms with E-state index in [1.54, 1.807) is 0 Å². The van der Waals surface area contributed by atoms with Gasteiger partial charge in [0, 0.05) is 12.6 Å². The summed E-state index contributed by atoms with van der Waals surface area (Å²) in [4.78, 5) is 0. The van der Waals surface area contributed by atoms with E-state index in [1.807, 2.05) is 0 Å². The first kappa shape index (κ1) is 13.3. The zero-order valence-electron chi connectivity index (χ0n) is 10.4. The molecule has 17 heavy (non-hydrogen) atoms. The van der Waals surface area contributed by atoms with Crippen LogP contribution in [0.25, 0.3) is 0 Å². The lowest BCUT2D eigenvalue weighted by Gasteiger charge is -2.10. The van der Waals surface area contributed by atoms with Crippen LogP contribution in [0.5, 0.6) is 0 Å². The van der Waals surface area contributed by atoms with Crippen LogP contribution < -0.4 is 5.32 Å². The monoisotopic (exact) mass is 261 g/mol. The van der Waals surface area contributed by atoms with Gasteiger partial charge in [0.15, 0.2) is 9.84 Å². The molecule has 0 aromatic heterocycles. The summed E-state index contributed by atoms with van der Waals surface area (Å²) >= 11 is 0. The molecule has 1 aliphatic heterocycles. The highest BCUT2D eigenvalue weighted by atomic mass is 32.2. The number of rotatable bonds is 8. The van der Waals surface area contributed by atoms with Gasteiger partial charge in [-0.2, -0.15) is 0 Å². The van der Waals surface area contributed by atoms with Crippen LogP contribution in [0, 0.1) is 0 Å². The third-order valence-electron chi connectivity index (χ3n) is 3.36. The van der Waals surface area contributed by atoms with Gasteiger partial charge in [-0.1, -0.05) is 0 Å². The Morgan fingerprint density at radius 3 is 2.65 bits per heavy atom. The maximum absolute atomic E-state index is 11.8. The number of hydrogen-bond donors (Lipinski definition) is 1. The normalized spacial score (nSPS) is 25.3. The maximum atomic E-state index is 11.8. The summed E-state index contributed by atoms with van der Waals surface area (Å²) in [6.45, 7) is 1.69. The molecular formula is C12H23NO3S. The standard InChI is InChI=1S/C12H23NO3S/c14-17(15,10-12-4-3-8-16-12)9-2-1-7-13-11-5-6-11/h11-13H,1-10H2. The first-order chi connectivity index (χ1) is 8.16. The Hall–Kier alpha value is -0.130. The van der Waals surface area contributed by atoms with Gasteiger partial charge in [0.2, 0.25) is 0 Å². The number of unbranched alkanes of at least 4 members (excludes halogenated alkanes) is 1. The molecule has 2 fully saturated rings. The lowest BCUT2D eigenvalue weighted by Crippen LogP contribution is -2.23. The van der Waals surface area contributed by atoms with Crippen molar-refractivity contribution in [1.29, 1.82) is 0 Å². The van der Waals surface area contributed by atoms with Gasteiger partial charge in [-0.3, -0.25) is 0 Å². The maximum Gasteiger partial charge on any atom is 0.152 e. The van der Waals surface area contributed by atoms with Crippen molar-refractivity contribution in [3.8, 4) is 0 Å². The van der Waals surface area contributed by atoms with Gasteiger partial charge in [-0.05, 0) is 45.1 Å². The predicted molar refractivity (Wildman–Crippen MR) is 67.9 cm³/mol. The third-order valence-corrected chi connectivity index (χ3v) is 5.15. The molecule has 1 saturated carbocycles. The first-order valence-electron chi connectivity index (χ1n) is 6.71. The fourth-order valence-corrected chi connectivity index (χ4v) is 3.82. The largest absolute Gasteiger partial charge is 0.377 e. The lowest BCUT2D eigenvalue weighted by molar-refractivity contribution is 0.127. The molecule has 0 aromatic carbocycles. The van der Waals surface area contributed by atoms with E-state index in [4.69, 9.17) is 4.74 Å². The highest BCUT2D eigenvalue weighted by Gasteiger charge is 2.23. The molecular weight excluding hydrogens is 238 g/mol. The summed E-state index contributed by atoms with van der Waals surface area (Å²) in [5.41, 5.74) is 0. The Balaban J connectivity index is 1.55. The minimum atomic E-state index is -2.90. The molecule has 1 heterocycles. The Bertz CT molecular complexity index is 319. The van der Waals surface area contributed by atoms with Crippen molar-refractivity contribution in [2.75, 3.05) is 24.7 Å². The highest BCUT2D eigenvalue weighted by Crippen LogP contribution is 2.18. The minimum absolute atomic E-state index is 0.0374. The number of hydrogen-bond acceptors (Lipinski definition) is 4. The topological polar surface area (TPSA) is 55.4 Å². The van der Waals surface area contributed by atoms with Crippen LogP contribution >= 0.6 is 0 Å². The van der Waals surface area contributed by atoms with Crippen molar-refractivity contribution >= 4 is 9.84 Å². The van der Waals surface area contributed by atoms with Gasteiger partial charge in [0.25, 0.3) is 0 Å². The van der Waals surface area contributed by atoms with Crippen molar-refractivity contribution in [3.05, 3.63) is 0 Å². The smallest absolute Gasteiger partial charge is 0.152 e. The second kappa shape index (κ2) is 6.16. The molecule has 1 saturated heterocycles. The van der Waals surface area contributed by atoms with Crippen molar-refractivity contribution < 1.29 is 13.2 Å². The molecule has 4 nitrogen and oxygen atoms in total. The van der Waals surface area contributed by atoms with Crippen LogP contribution in [0.2, 0.25) is 0 Å². The highest BCUT2D eigenvalue weighted by molar-refractivity contribution is 7.91. The summed E-state index contributed by atoms with van der Waals surface area (Å²) in [5.74, 6) is 0.544.